The van der Waals surface area contributed by atoms with E-state index in [0.717, 1.165) is 15.4 Å². The van der Waals surface area contributed by atoms with Gasteiger partial charge in [0.15, 0.2) is 0 Å². The van der Waals surface area contributed by atoms with Gasteiger partial charge in [-0.2, -0.15) is 0 Å². The second kappa shape index (κ2) is 5.76. The molecule has 1 aliphatic rings. The first-order chi connectivity index (χ1) is 11.6. The average Bonchev–Trinajstić information content (AvgIpc) is 3.14. The number of ether oxygens (including phenoxy) is 1. The number of aromatic nitrogens is 2. The number of fused-ring (bicyclic) bond motifs is 1. The Bertz CT molecular complexity index is 964. The van der Waals surface area contributed by atoms with Crippen LogP contribution in [-0.2, 0) is 11.3 Å². The predicted octanol–water partition coefficient (Wildman–Crippen LogP) is 2.79. The molecule has 0 aliphatic carbocycles. The molecule has 0 spiro atoms. The van der Waals surface area contributed by atoms with Crippen molar-refractivity contribution < 1.29 is 9.53 Å². The van der Waals surface area contributed by atoms with Gasteiger partial charge >= 0.3 is 6.09 Å². The van der Waals surface area contributed by atoms with Crippen molar-refractivity contribution in [2.45, 2.75) is 19.6 Å². The third-order valence-corrected chi connectivity index (χ3v) is 4.94. The quantitative estimate of drug-likeness (QED) is 0.735. The molecule has 1 unspecified atom stereocenters. The minimum absolute atomic E-state index is 0.0986. The van der Waals surface area contributed by atoms with Gasteiger partial charge in [0.25, 0.3) is 5.56 Å². The van der Waals surface area contributed by atoms with Crippen LogP contribution in [0.4, 0.5) is 10.5 Å². The third-order valence-electron chi connectivity index (χ3n) is 3.98. The summed E-state index contributed by atoms with van der Waals surface area (Å²) in [5.41, 5.74) is 0.693. The first-order valence-corrected chi connectivity index (χ1v) is 8.42. The number of carbonyl (C=O) groups is 1. The van der Waals surface area contributed by atoms with E-state index in [1.807, 2.05) is 43.3 Å². The van der Waals surface area contributed by atoms with Crippen LogP contribution in [-0.4, -0.2) is 28.3 Å². The van der Waals surface area contributed by atoms with Gasteiger partial charge in [0, 0.05) is 10.6 Å². The molecule has 1 saturated heterocycles. The minimum atomic E-state index is -0.389. The largest absolute Gasteiger partial charge is 0.442 e. The number of aryl methyl sites for hydroxylation is 1. The van der Waals surface area contributed by atoms with Gasteiger partial charge in [-0.15, -0.1) is 11.3 Å². The van der Waals surface area contributed by atoms with E-state index in [4.69, 9.17) is 4.74 Å². The van der Waals surface area contributed by atoms with Crippen molar-refractivity contribution >= 4 is 33.3 Å². The fraction of sp³-hybridized carbons (Fsp3) is 0.235. The number of rotatable bonds is 3. The molecule has 122 valence electrons. The van der Waals surface area contributed by atoms with E-state index in [2.05, 4.69) is 4.98 Å². The van der Waals surface area contributed by atoms with Crippen molar-refractivity contribution in [3.63, 3.8) is 0 Å². The van der Waals surface area contributed by atoms with Gasteiger partial charge < -0.3 is 4.74 Å². The molecule has 1 aliphatic heterocycles. The van der Waals surface area contributed by atoms with Gasteiger partial charge in [0.2, 0.25) is 0 Å². The average molecular weight is 341 g/mol. The highest BCUT2D eigenvalue weighted by Crippen LogP contribution is 2.22. The molecule has 0 N–H and O–H groups in total. The molecule has 1 fully saturated rings. The summed E-state index contributed by atoms with van der Waals surface area (Å²) in [6.45, 7) is 2.66. The van der Waals surface area contributed by atoms with Gasteiger partial charge in [-0.05, 0) is 25.1 Å². The van der Waals surface area contributed by atoms with Crippen LogP contribution in [0, 0.1) is 6.92 Å². The van der Waals surface area contributed by atoms with Crippen LogP contribution >= 0.6 is 11.3 Å². The normalized spacial score (nSPS) is 17.5. The van der Waals surface area contributed by atoms with E-state index < -0.39 is 0 Å². The maximum absolute atomic E-state index is 12.5. The molecule has 3 heterocycles. The van der Waals surface area contributed by atoms with Crippen LogP contribution in [0.1, 0.15) is 4.88 Å². The van der Waals surface area contributed by atoms with Crippen molar-refractivity contribution in [3.8, 4) is 0 Å². The maximum Gasteiger partial charge on any atom is 0.414 e. The number of cyclic esters (lactones) is 1. The number of amides is 1. The summed E-state index contributed by atoms with van der Waals surface area (Å²) in [5.74, 6) is 0. The molecule has 24 heavy (non-hydrogen) atoms. The molecule has 2 aromatic heterocycles. The van der Waals surface area contributed by atoms with Gasteiger partial charge in [0.1, 0.15) is 10.9 Å². The van der Waals surface area contributed by atoms with E-state index >= 15 is 0 Å². The van der Waals surface area contributed by atoms with Crippen LogP contribution in [0.25, 0.3) is 10.2 Å². The SMILES string of the molecule is Cc1cc2c(=O)n(CC3CN(c4ccccc4)C(=O)O3)cnc2s1. The van der Waals surface area contributed by atoms with Gasteiger partial charge in [-0.3, -0.25) is 14.3 Å². The number of hydrogen-bond acceptors (Lipinski definition) is 5. The molecule has 1 aromatic carbocycles. The Kier molecular flexibility index (Phi) is 3.57. The fourth-order valence-electron chi connectivity index (χ4n) is 2.87. The van der Waals surface area contributed by atoms with Crippen LogP contribution < -0.4 is 10.5 Å². The summed E-state index contributed by atoms with van der Waals surface area (Å²) < 4.78 is 6.92. The van der Waals surface area contributed by atoms with Crippen LogP contribution in [0.3, 0.4) is 0 Å². The second-order valence-electron chi connectivity index (χ2n) is 5.73. The first kappa shape index (κ1) is 14.9. The van der Waals surface area contributed by atoms with E-state index in [-0.39, 0.29) is 17.8 Å². The summed E-state index contributed by atoms with van der Waals surface area (Å²) in [7, 11) is 0. The van der Waals surface area contributed by atoms with Crippen molar-refractivity contribution in [1.82, 2.24) is 9.55 Å². The van der Waals surface area contributed by atoms with E-state index in [1.165, 1.54) is 22.2 Å². The topological polar surface area (TPSA) is 64.4 Å². The highest BCUT2D eigenvalue weighted by molar-refractivity contribution is 7.18. The number of anilines is 1. The molecular weight excluding hydrogens is 326 g/mol. The Morgan fingerprint density at radius 2 is 2.08 bits per heavy atom. The summed E-state index contributed by atoms with van der Waals surface area (Å²) in [5, 5.41) is 0.615. The first-order valence-electron chi connectivity index (χ1n) is 7.60. The Balaban J connectivity index is 1.57. The van der Waals surface area contributed by atoms with E-state index in [0.29, 0.717) is 18.5 Å². The highest BCUT2D eigenvalue weighted by Gasteiger charge is 2.32. The van der Waals surface area contributed by atoms with Gasteiger partial charge in [-0.25, -0.2) is 9.78 Å². The second-order valence-corrected chi connectivity index (χ2v) is 6.96. The number of thiophene rings is 1. The summed E-state index contributed by atoms with van der Waals surface area (Å²) in [4.78, 5) is 32.3. The highest BCUT2D eigenvalue weighted by atomic mass is 32.1. The molecule has 0 bridgehead atoms. The molecule has 1 amide bonds. The lowest BCUT2D eigenvalue weighted by Crippen LogP contribution is -2.29. The Morgan fingerprint density at radius 1 is 1.29 bits per heavy atom. The lowest BCUT2D eigenvalue weighted by molar-refractivity contribution is 0.131. The minimum Gasteiger partial charge on any atom is -0.442 e. The molecule has 4 rings (SSSR count). The lowest BCUT2D eigenvalue weighted by atomic mass is 10.2. The molecule has 0 radical (unpaired) electrons. The number of hydrogen-bond donors (Lipinski definition) is 0. The standard InChI is InChI=1S/C17H15N3O3S/c1-11-7-14-15(24-11)18-10-19(16(14)21)8-13-9-20(17(22)23-13)12-5-3-2-4-6-12/h2-7,10,13H,8-9H2,1H3. The predicted molar refractivity (Wildman–Crippen MR) is 92.7 cm³/mol. The molecule has 3 aromatic rings. The molecule has 1 atom stereocenters. The molecule has 6 nitrogen and oxygen atoms in total. The van der Waals surface area contributed by atoms with Crippen molar-refractivity contribution in [2.75, 3.05) is 11.4 Å². The number of para-hydroxylation sites is 1. The zero-order chi connectivity index (χ0) is 16.7. The van der Waals surface area contributed by atoms with E-state index in [1.54, 1.807) is 4.90 Å². The van der Waals surface area contributed by atoms with Gasteiger partial charge in [0.05, 0.1) is 24.8 Å². The van der Waals surface area contributed by atoms with E-state index in [9.17, 15) is 9.59 Å². The number of nitrogens with zero attached hydrogens (tertiary/aromatic N) is 3. The van der Waals surface area contributed by atoms with Crippen molar-refractivity contribution in [2.24, 2.45) is 0 Å². The van der Waals surface area contributed by atoms with Crippen molar-refractivity contribution in [3.05, 3.63) is 58.0 Å². The summed E-state index contributed by atoms with van der Waals surface area (Å²) >= 11 is 1.50. The van der Waals surface area contributed by atoms with Crippen LogP contribution in [0.5, 0.6) is 0 Å². The Morgan fingerprint density at radius 3 is 2.88 bits per heavy atom. The van der Waals surface area contributed by atoms with Crippen LogP contribution in [0.2, 0.25) is 0 Å². The zero-order valence-electron chi connectivity index (χ0n) is 13.0. The number of carbonyl (C=O) groups excluding carboxylic acids is 1. The van der Waals surface area contributed by atoms with Gasteiger partial charge in [-0.1, -0.05) is 18.2 Å². The molecule has 0 saturated carbocycles. The smallest absolute Gasteiger partial charge is 0.414 e. The van der Waals surface area contributed by atoms with Crippen molar-refractivity contribution in [1.29, 1.82) is 0 Å². The molecule has 7 heteroatoms. The zero-order valence-corrected chi connectivity index (χ0v) is 13.8. The number of benzene rings is 1. The fourth-order valence-corrected chi connectivity index (χ4v) is 3.70. The Hall–Kier alpha value is -2.67. The lowest BCUT2D eigenvalue weighted by Gasteiger charge is -2.13. The molecular formula is C17H15N3O3S. The Labute approximate surface area is 141 Å². The maximum atomic E-state index is 12.5. The van der Waals surface area contributed by atoms with Crippen LogP contribution in [0.15, 0.2) is 47.5 Å². The monoisotopic (exact) mass is 341 g/mol. The third kappa shape index (κ3) is 2.56. The summed E-state index contributed by atoms with van der Waals surface area (Å²) in [6.07, 6.45) is 0.758. The summed E-state index contributed by atoms with van der Waals surface area (Å²) in [6, 6.07) is 11.2.